The molecule has 134 valence electrons. The summed E-state index contributed by atoms with van der Waals surface area (Å²) in [7, 11) is 0. The lowest BCUT2D eigenvalue weighted by molar-refractivity contribution is 0.0698. The maximum Gasteiger partial charge on any atom is 0.337 e. The number of carboxylic acids is 1. The lowest BCUT2D eigenvalue weighted by Gasteiger charge is -2.12. The molecule has 4 nitrogen and oxygen atoms in total. The number of thiazole rings is 1. The molecule has 0 bridgehead atoms. The maximum atomic E-state index is 11.6. The van der Waals surface area contributed by atoms with E-state index >= 15 is 0 Å². The standard InChI is InChI=1S/C22H18N2O2S/c25-22(26)18-10-8-16(7-6-15-4-2-1-3-5-15)12-20(18)24-17-9-11-19-21(13-17)27-14-23-19/h1-5,8-14,24H,6-7H2,(H,25,26). The minimum absolute atomic E-state index is 0.267. The van der Waals surface area contributed by atoms with Crippen LogP contribution in [0.25, 0.3) is 10.2 Å². The fourth-order valence-electron chi connectivity index (χ4n) is 3.06. The van der Waals surface area contributed by atoms with Crippen molar-refractivity contribution >= 4 is 38.9 Å². The van der Waals surface area contributed by atoms with Gasteiger partial charge in [-0.3, -0.25) is 0 Å². The van der Waals surface area contributed by atoms with E-state index in [1.54, 1.807) is 22.9 Å². The average Bonchev–Trinajstić information content (AvgIpc) is 3.15. The molecule has 2 N–H and O–H groups in total. The summed E-state index contributed by atoms with van der Waals surface area (Å²) in [6.07, 6.45) is 1.77. The summed E-state index contributed by atoms with van der Waals surface area (Å²) in [4.78, 5) is 15.9. The van der Waals surface area contributed by atoms with Crippen LogP contribution in [-0.2, 0) is 12.8 Å². The quantitative estimate of drug-likeness (QED) is 0.466. The number of rotatable bonds is 6. The van der Waals surface area contributed by atoms with Crippen LogP contribution in [0, 0.1) is 0 Å². The Bertz CT molecular complexity index is 1090. The van der Waals surface area contributed by atoms with Crippen molar-refractivity contribution in [3.05, 3.63) is 88.9 Å². The number of hydrogen-bond acceptors (Lipinski definition) is 4. The van der Waals surface area contributed by atoms with Gasteiger partial charge in [-0.25, -0.2) is 9.78 Å². The van der Waals surface area contributed by atoms with Crippen LogP contribution in [0.1, 0.15) is 21.5 Å². The molecule has 1 heterocycles. The number of aromatic nitrogens is 1. The second-order valence-corrected chi connectivity index (χ2v) is 7.22. The zero-order valence-corrected chi connectivity index (χ0v) is 15.4. The van der Waals surface area contributed by atoms with Crippen molar-refractivity contribution in [2.75, 3.05) is 5.32 Å². The summed E-state index contributed by atoms with van der Waals surface area (Å²) in [6.45, 7) is 0. The van der Waals surface area contributed by atoms with Crippen LogP contribution in [0.5, 0.6) is 0 Å². The van der Waals surface area contributed by atoms with E-state index in [0.29, 0.717) is 5.69 Å². The van der Waals surface area contributed by atoms with Crippen molar-refractivity contribution in [1.82, 2.24) is 4.98 Å². The van der Waals surface area contributed by atoms with Gasteiger partial charge in [-0.05, 0) is 54.3 Å². The Balaban J connectivity index is 1.59. The van der Waals surface area contributed by atoms with Crippen LogP contribution < -0.4 is 5.32 Å². The first-order valence-electron chi connectivity index (χ1n) is 8.69. The molecule has 27 heavy (non-hydrogen) atoms. The molecule has 0 saturated carbocycles. The molecule has 1 aromatic heterocycles. The molecule has 3 aromatic carbocycles. The predicted octanol–water partition coefficient (Wildman–Crippen LogP) is 5.52. The fraction of sp³-hybridized carbons (Fsp3) is 0.0909. The van der Waals surface area contributed by atoms with Crippen LogP contribution in [-0.4, -0.2) is 16.1 Å². The molecule has 0 aliphatic carbocycles. The van der Waals surface area contributed by atoms with Gasteiger partial charge in [0.1, 0.15) is 0 Å². The number of nitrogens with one attached hydrogen (secondary N) is 1. The highest BCUT2D eigenvalue weighted by atomic mass is 32.1. The van der Waals surface area contributed by atoms with Crippen molar-refractivity contribution in [2.24, 2.45) is 0 Å². The minimum Gasteiger partial charge on any atom is -0.478 e. The second kappa shape index (κ2) is 7.60. The lowest BCUT2D eigenvalue weighted by Crippen LogP contribution is -2.04. The first-order chi connectivity index (χ1) is 13.2. The fourth-order valence-corrected chi connectivity index (χ4v) is 3.77. The highest BCUT2D eigenvalue weighted by Gasteiger charge is 2.12. The third-order valence-corrected chi connectivity index (χ3v) is 5.26. The first kappa shape index (κ1) is 17.2. The van der Waals surface area contributed by atoms with Gasteiger partial charge in [-0.2, -0.15) is 0 Å². The van der Waals surface area contributed by atoms with E-state index in [9.17, 15) is 9.90 Å². The zero-order valence-electron chi connectivity index (χ0n) is 14.6. The number of carboxylic acid groups (broad SMARTS) is 1. The van der Waals surface area contributed by atoms with Gasteiger partial charge in [-0.15, -0.1) is 11.3 Å². The Morgan fingerprint density at radius 3 is 2.59 bits per heavy atom. The lowest BCUT2D eigenvalue weighted by atomic mass is 10.0. The number of fused-ring (bicyclic) bond motifs is 1. The molecular formula is C22H18N2O2S. The minimum atomic E-state index is -0.939. The summed E-state index contributed by atoms with van der Waals surface area (Å²) < 4.78 is 1.07. The Morgan fingerprint density at radius 1 is 0.963 bits per heavy atom. The van der Waals surface area contributed by atoms with Gasteiger partial charge in [0.15, 0.2) is 0 Å². The zero-order chi connectivity index (χ0) is 18.6. The number of aryl methyl sites for hydroxylation is 2. The van der Waals surface area contributed by atoms with E-state index in [4.69, 9.17) is 0 Å². The Kier molecular flexibility index (Phi) is 4.85. The van der Waals surface area contributed by atoms with E-state index in [2.05, 4.69) is 22.4 Å². The normalized spacial score (nSPS) is 10.8. The van der Waals surface area contributed by atoms with Gasteiger partial charge in [0.05, 0.1) is 27.0 Å². The molecule has 0 unspecified atom stereocenters. The Morgan fingerprint density at radius 2 is 1.78 bits per heavy atom. The maximum absolute atomic E-state index is 11.6. The highest BCUT2D eigenvalue weighted by molar-refractivity contribution is 7.16. The van der Waals surface area contributed by atoms with E-state index in [0.717, 1.165) is 34.3 Å². The number of carbonyl (C=O) groups is 1. The summed E-state index contributed by atoms with van der Waals surface area (Å²) in [5.74, 6) is -0.939. The average molecular weight is 374 g/mol. The van der Waals surface area contributed by atoms with Crippen LogP contribution in [0.4, 0.5) is 11.4 Å². The molecule has 5 heteroatoms. The van der Waals surface area contributed by atoms with E-state index in [1.807, 2.05) is 48.5 Å². The topological polar surface area (TPSA) is 62.2 Å². The largest absolute Gasteiger partial charge is 0.478 e. The van der Waals surface area contributed by atoms with E-state index < -0.39 is 5.97 Å². The molecular weight excluding hydrogens is 356 g/mol. The van der Waals surface area contributed by atoms with Gasteiger partial charge >= 0.3 is 5.97 Å². The predicted molar refractivity (Wildman–Crippen MR) is 110 cm³/mol. The van der Waals surface area contributed by atoms with E-state index in [1.165, 1.54) is 5.56 Å². The third-order valence-electron chi connectivity index (χ3n) is 4.47. The number of benzene rings is 3. The molecule has 0 amide bonds. The molecule has 0 spiro atoms. The van der Waals surface area contributed by atoms with Gasteiger partial charge in [-0.1, -0.05) is 36.4 Å². The molecule has 4 aromatic rings. The van der Waals surface area contributed by atoms with Crippen molar-refractivity contribution in [1.29, 1.82) is 0 Å². The Labute approximate surface area is 161 Å². The SMILES string of the molecule is O=C(O)c1ccc(CCc2ccccc2)cc1Nc1ccc2ncsc2c1. The molecule has 0 radical (unpaired) electrons. The van der Waals surface area contributed by atoms with Crippen molar-refractivity contribution in [2.45, 2.75) is 12.8 Å². The van der Waals surface area contributed by atoms with Gasteiger partial charge in [0, 0.05) is 5.69 Å². The second-order valence-electron chi connectivity index (χ2n) is 6.33. The van der Waals surface area contributed by atoms with Crippen LogP contribution in [0.2, 0.25) is 0 Å². The monoisotopic (exact) mass is 374 g/mol. The molecule has 0 atom stereocenters. The summed E-state index contributed by atoms with van der Waals surface area (Å²) in [6, 6.07) is 21.6. The molecule has 0 fully saturated rings. The Hall–Kier alpha value is -3.18. The van der Waals surface area contributed by atoms with Crippen LogP contribution >= 0.6 is 11.3 Å². The number of hydrogen-bond donors (Lipinski definition) is 2. The molecule has 0 aliphatic rings. The summed E-state index contributed by atoms with van der Waals surface area (Å²) >= 11 is 1.56. The summed E-state index contributed by atoms with van der Waals surface area (Å²) in [5, 5.41) is 12.8. The molecule has 4 rings (SSSR count). The first-order valence-corrected chi connectivity index (χ1v) is 9.57. The van der Waals surface area contributed by atoms with Crippen LogP contribution in [0.15, 0.2) is 72.2 Å². The van der Waals surface area contributed by atoms with Gasteiger partial charge in [0.25, 0.3) is 0 Å². The van der Waals surface area contributed by atoms with Crippen molar-refractivity contribution < 1.29 is 9.90 Å². The third kappa shape index (κ3) is 3.99. The highest BCUT2D eigenvalue weighted by Crippen LogP contribution is 2.27. The smallest absolute Gasteiger partial charge is 0.337 e. The van der Waals surface area contributed by atoms with E-state index in [-0.39, 0.29) is 5.56 Å². The number of nitrogens with zero attached hydrogens (tertiary/aromatic N) is 1. The number of anilines is 2. The summed E-state index contributed by atoms with van der Waals surface area (Å²) in [5.41, 5.74) is 6.85. The van der Waals surface area contributed by atoms with Gasteiger partial charge < -0.3 is 10.4 Å². The van der Waals surface area contributed by atoms with Gasteiger partial charge in [0.2, 0.25) is 0 Å². The van der Waals surface area contributed by atoms with Crippen molar-refractivity contribution in [3.63, 3.8) is 0 Å². The van der Waals surface area contributed by atoms with Crippen LogP contribution in [0.3, 0.4) is 0 Å². The molecule has 0 saturated heterocycles. The van der Waals surface area contributed by atoms with Crippen molar-refractivity contribution in [3.8, 4) is 0 Å². The number of aromatic carboxylic acids is 1. The molecule has 0 aliphatic heterocycles.